The van der Waals surface area contributed by atoms with Crippen LogP contribution in [0.4, 0.5) is 0 Å². The molecule has 2 aliphatic heterocycles. The summed E-state index contributed by atoms with van der Waals surface area (Å²) in [7, 11) is 5.77. The highest BCUT2D eigenvalue weighted by atomic mass is 35.5. The average Bonchev–Trinajstić information content (AvgIpc) is 3.30. The van der Waals surface area contributed by atoms with E-state index in [0.717, 1.165) is 6.54 Å². The highest BCUT2D eigenvalue weighted by Gasteiger charge is 2.55. The van der Waals surface area contributed by atoms with Crippen LogP contribution in [0.3, 0.4) is 0 Å². The minimum Gasteiger partial charge on any atom is -0.336 e. The van der Waals surface area contributed by atoms with E-state index in [9.17, 15) is 9.59 Å². The number of amides is 2. The summed E-state index contributed by atoms with van der Waals surface area (Å²) in [6.07, 6.45) is 6.20. The van der Waals surface area contributed by atoms with Gasteiger partial charge in [-0.2, -0.15) is 5.10 Å². The van der Waals surface area contributed by atoms with Gasteiger partial charge >= 0.3 is 0 Å². The highest BCUT2D eigenvalue weighted by Crippen LogP contribution is 2.43. The van der Waals surface area contributed by atoms with Gasteiger partial charge in [0.2, 0.25) is 0 Å². The normalized spacial score (nSPS) is 23.7. The first kappa shape index (κ1) is 19.8. The van der Waals surface area contributed by atoms with Gasteiger partial charge in [-0.15, -0.1) is 0 Å². The lowest BCUT2D eigenvalue weighted by Gasteiger charge is -2.32. The molecule has 0 bridgehead atoms. The van der Waals surface area contributed by atoms with Gasteiger partial charge in [0.15, 0.2) is 5.69 Å². The molecule has 0 radical (unpaired) electrons. The van der Waals surface area contributed by atoms with Crippen LogP contribution in [0.25, 0.3) is 0 Å². The van der Waals surface area contributed by atoms with Crippen LogP contribution in [0.5, 0.6) is 0 Å². The van der Waals surface area contributed by atoms with E-state index < -0.39 is 0 Å². The third-order valence-electron chi connectivity index (χ3n) is 5.73. The minimum absolute atomic E-state index is 0.115. The number of rotatable bonds is 4. The second-order valence-corrected chi connectivity index (χ2v) is 8.67. The Morgan fingerprint density at radius 1 is 1.21 bits per heavy atom. The molecule has 2 saturated heterocycles. The van der Waals surface area contributed by atoms with Gasteiger partial charge in [-0.05, 0) is 14.1 Å². The van der Waals surface area contributed by atoms with Crippen LogP contribution in [0.15, 0.2) is 24.8 Å². The molecular weight excluding hydrogens is 394 g/mol. The van der Waals surface area contributed by atoms with E-state index >= 15 is 0 Å². The van der Waals surface area contributed by atoms with Crippen molar-refractivity contribution in [1.82, 2.24) is 34.4 Å². The van der Waals surface area contributed by atoms with E-state index in [1.54, 1.807) is 24.1 Å². The van der Waals surface area contributed by atoms with Crippen molar-refractivity contribution in [1.29, 1.82) is 0 Å². The summed E-state index contributed by atoms with van der Waals surface area (Å²) < 4.78 is 1.54. The summed E-state index contributed by atoms with van der Waals surface area (Å²) in [6, 6.07) is 0. The number of carbonyl (C=O) groups is 2. The quantitative estimate of drug-likeness (QED) is 0.725. The fraction of sp³-hybridized carbons (Fsp3) is 0.526. The van der Waals surface area contributed by atoms with Crippen LogP contribution in [0.1, 0.15) is 21.0 Å². The van der Waals surface area contributed by atoms with E-state index in [1.807, 2.05) is 23.9 Å². The first-order chi connectivity index (χ1) is 13.8. The minimum atomic E-state index is -0.196. The third-order valence-corrected chi connectivity index (χ3v) is 6.01. The topological polar surface area (TPSA) is 87.5 Å². The lowest BCUT2D eigenvalue weighted by Crippen LogP contribution is -2.44. The number of halogens is 1. The zero-order chi connectivity index (χ0) is 20.8. The fourth-order valence-electron chi connectivity index (χ4n) is 4.67. The summed E-state index contributed by atoms with van der Waals surface area (Å²) in [5.41, 5.74) is 0.431. The molecule has 0 aromatic carbocycles. The molecular formula is C19H24ClN7O2. The number of hydrogen-bond acceptors (Lipinski definition) is 6. The molecule has 2 amide bonds. The van der Waals surface area contributed by atoms with Gasteiger partial charge in [-0.3, -0.25) is 19.3 Å². The molecule has 29 heavy (non-hydrogen) atoms. The molecule has 2 aliphatic rings. The molecule has 2 fully saturated rings. The van der Waals surface area contributed by atoms with E-state index in [4.69, 9.17) is 11.6 Å². The number of likely N-dealkylation sites (tertiary alicyclic amines) is 2. The molecule has 0 aliphatic carbocycles. The molecule has 4 rings (SSSR count). The molecule has 2 unspecified atom stereocenters. The number of carbonyl (C=O) groups excluding carboxylic acids is 2. The standard InChI is InChI=1S/C19H24ClN7O2/c1-24(2)10-19-11-26(17(28)15-6-21-4-5-22-15)7-13(19)8-27(12-19)18(29)16-14(20)9-25(3)23-16/h4-6,9,13H,7-8,10-12H2,1-3H3. The Labute approximate surface area is 174 Å². The molecule has 154 valence electrons. The lowest BCUT2D eigenvalue weighted by atomic mass is 9.80. The zero-order valence-corrected chi connectivity index (χ0v) is 17.5. The maximum Gasteiger partial charge on any atom is 0.275 e. The van der Waals surface area contributed by atoms with Crippen molar-refractivity contribution in [2.24, 2.45) is 18.4 Å². The lowest BCUT2D eigenvalue weighted by molar-refractivity contribution is 0.0694. The van der Waals surface area contributed by atoms with Crippen molar-refractivity contribution < 1.29 is 9.59 Å². The Hall–Kier alpha value is -2.52. The Balaban J connectivity index is 1.55. The molecule has 9 nitrogen and oxygen atoms in total. The molecule has 2 atom stereocenters. The van der Waals surface area contributed by atoms with Crippen molar-refractivity contribution in [2.45, 2.75) is 0 Å². The summed E-state index contributed by atoms with van der Waals surface area (Å²) in [4.78, 5) is 39.8. The van der Waals surface area contributed by atoms with Crippen LogP contribution in [0, 0.1) is 11.3 Å². The monoisotopic (exact) mass is 417 g/mol. The number of nitrogens with zero attached hydrogens (tertiary/aromatic N) is 7. The first-order valence-corrected chi connectivity index (χ1v) is 9.85. The molecule has 0 N–H and O–H groups in total. The molecule has 0 saturated carbocycles. The summed E-state index contributed by atoms with van der Waals surface area (Å²) >= 11 is 6.19. The van der Waals surface area contributed by atoms with E-state index in [-0.39, 0.29) is 28.8 Å². The van der Waals surface area contributed by atoms with Crippen molar-refractivity contribution in [3.8, 4) is 0 Å². The summed E-state index contributed by atoms with van der Waals surface area (Å²) in [6.45, 7) is 3.07. The van der Waals surface area contributed by atoms with Gasteiger partial charge in [0.05, 0.1) is 11.2 Å². The zero-order valence-electron chi connectivity index (χ0n) is 16.7. The molecule has 0 spiro atoms. The number of aromatic nitrogens is 4. The van der Waals surface area contributed by atoms with Gasteiger partial charge in [-0.25, -0.2) is 4.98 Å². The highest BCUT2D eigenvalue weighted by molar-refractivity contribution is 6.33. The van der Waals surface area contributed by atoms with Crippen LogP contribution < -0.4 is 0 Å². The molecule has 4 heterocycles. The molecule has 2 aromatic heterocycles. The van der Waals surface area contributed by atoms with E-state index in [0.29, 0.717) is 36.9 Å². The predicted octanol–water partition coefficient (Wildman–Crippen LogP) is 0.640. The number of fused-ring (bicyclic) bond motifs is 1. The maximum absolute atomic E-state index is 13.0. The smallest absolute Gasteiger partial charge is 0.275 e. The van der Waals surface area contributed by atoms with Gasteiger partial charge < -0.3 is 14.7 Å². The molecule has 10 heteroatoms. The molecule has 2 aromatic rings. The Bertz CT molecular complexity index is 932. The van der Waals surface area contributed by atoms with Crippen molar-refractivity contribution in [3.63, 3.8) is 0 Å². The van der Waals surface area contributed by atoms with Gasteiger partial charge in [0, 0.05) is 69.7 Å². The summed E-state index contributed by atoms with van der Waals surface area (Å²) in [5, 5.41) is 4.58. The van der Waals surface area contributed by atoms with Crippen LogP contribution in [0.2, 0.25) is 5.02 Å². The SMILES string of the molecule is CN(C)CC12CN(C(=O)c3cnccn3)CC1CN(C(=O)c1nn(C)cc1Cl)C2. The second-order valence-electron chi connectivity index (χ2n) is 8.26. The van der Waals surface area contributed by atoms with Crippen LogP contribution in [-0.4, -0.2) is 93.1 Å². The predicted molar refractivity (Wildman–Crippen MR) is 107 cm³/mol. The summed E-state index contributed by atoms with van der Waals surface area (Å²) in [5.74, 6) is -0.0943. The van der Waals surface area contributed by atoms with Crippen molar-refractivity contribution >= 4 is 23.4 Å². The van der Waals surface area contributed by atoms with E-state index in [2.05, 4.69) is 20.0 Å². The van der Waals surface area contributed by atoms with Crippen LogP contribution in [-0.2, 0) is 7.05 Å². The first-order valence-electron chi connectivity index (χ1n) is 9.47. The van der Waals surface area contributed by atoms with Gasteiger partial charge in [0.1, 0.15) is 5.69 Å². The Kier molecular flexibility index (Phi) is 5.04. The van der Waals surface area contributed by atoms with Gasteiger partial charge in [-0.1, -0.05) is 11.6 Å². The average molecular weight is 418 g/mol. The van der Waals surface area contributed by atoms with Crippen molar-refractivity contribution in [3.05, 3.63) is 41.2 Å². The maximum atomic E-state index is 13.0. The Morgan fingerprint density at radius 3 is 2.45 bits per heavy atom. The fourth-order valence-corrected chi connectivity index (χ4v) is 4.93. The van der Waals surface area contributed by atoms with Crippen LogP contribution >= 0.6 is 11.6 Å². The second kappa shape index (κ2) is 7.38. The number of aryl methyl sites for hydroxylation is 1. The largest absolute Gasteiger partial charge is 0.336 e. The van der Waals surface area contributed by atoms with E-state index in [1.165, 1.54) is 12.4 Å². The number of hydrogen-bond donors (Lipinski definition) is 0. The van der Waals surface area contributed by atoms with Crippen molar-refractivity contribution in [2.75, 3.05) is 46.8 Å². The van der Waals surface area contributed by atoms with Gasteiger partial charge in [0.25, 0.3) is 11.8 Å². The Morgan fingerprint density at radius 2 is 1.90 bits per heavy atom. The third kappa shape index (κ3) is 3.60.